The number of ether oxygens (including phenoxy) is 1. The number of unbranched alkanes of at least 4 members (excludes halogenated alkanes) is 3. The number of carbonyl (C=O) groups excluding carboxylic acids is 1. The molecule has 8 heteroatoms. The summed E-state index contributed by atoms with van der Waals surface area (Å²) < 4.78 is 7.03. The summed E-state index contributed by atoms with van der Waals surface area (Å²) in [6.45, 7) is 2.85. The molecule has 1 atom stereocenters. The lowest BCUT2D eigenvalue weighted by Crippen LogP contribution is -2.50. The maximum absolute atomic E-state index is 13.0. The minimum absolute atomic E-state index is 0.184. The molecule has 0 unspecified atom stereocenters. The number of hydrogen-bond donors (Lipinski definition) is 1. The number of carbonyl (C=O) groups is 1. The second kappa shape index (κ2) is 9.87. The zero-order chi connectivity index (χ0) is 21.8. The highest BCUT2D eigenvalue weighted by molar-refractivity contribution is 9.10. The molecule has 0 bridgehead atoms. The van der Waals surface area contributed by atoms with Crippen LogP contribution in [-0.4, -0.2) is 28.9 Å². The molecule has 2 aromatic carbocycles. The first-order valence-electron chi connectivity index (χ1n) is 10.4. The van der Waals surface area contributed by atoms with Crippen LogP contribution in [0.2, 0.25) is 0 Å². The summed E-state index contributed by atoms with van der Waals surface area (Å²) in [5, 5.41) is 11.4. The summed E-state index contributed by atoms with van der Waals surface area (Å²) in [6, 6.07) is 13.7. The van der Waals surface area contributed by atoms with Gasteiger partial charge in [-0.1, -0.05) is 72.1 Å². The largest absolute Gasteiger partial charge is 0.493 e. The summed E-state index contributed by atoms with van der Waals surface area (Å²) in [5.74, 6) is 0.594. The van der Waals surface area contributed by atoms with E-state index < -0.39 is 6.17 Å². The Bertz CT molecular complexity index is 1130. The summed E-state index contributed by atoms with van der Waals surface area (Å²) in [4.78, 5) is 18.0. The topological polar surface area (TPSA) is 66.3 Å². The average molecular weight is 501 g/mol. The van der Waals surface area contributed by atoms with Crippen LogP contribution < -0.4 is 20.6 Å². The van der Waals surface area contributed by atoms with Crippen molar-refractivity contribution in [3.8, 4) is 5.75 Å². The molecule has 2 aromatic rings. The Morgan fingerprint density at radius 1 is 1.19 bits per heavy atom. The fraction of sp³-hybridized carbons (Fsp3) is 0.348. The standard InChI is InChI=1S/C23H25BrN4O2S/c1-3-4-5-8-13-30-19-10-7-6-9-16(19)21-25-18-12-11-15(24)14-17(18)20-22(29)26-23(31-2)27-28(20)21/h6-7,9-12,14,21H,3-5,8,13H2,1-2H3,(H,26,27,29)/t21-/m0/s1. The van der Waals surface area contributed by atoms with Crippen LogP contribution in [-0.2, 0) is 4.79 Å². The zero-order valence-corrected chi connectivity index (χ0v) is 20.0. The van der Waals surface area contributed by atoms with E-state index in [9.17, 15) is 4.79 Å². The maximum Gasteiger partial charge on any atom is 0.276 e. The van der Waals surface area contributed by atoms with Gasteiger partial charge in [-0.2, -0.15) is 0 Å². The van der Waals surface area contributed by atoms with Crippen molar-refractivity contribution in [3.63, 3.8) is 0 Å². The van der Waals surface area contributed by atoms with Gasteiger partial charge in [0.25, 0.3) is 5.91 Å². The van der Waals surface area contributed by atoms with E-state index in [2.05, 4.69) is 28.2 Å². The maximum atomic E-state index is 13.0. The summed E-state index contributed by atoms with van der Waals surface area (Å²) in [6.07, 6.45) is 5.97. The quantitative estimate of drug-likeness (QED) is 0.585. The van der Waals surface area contributed by atoms with Gasteiger partial charge in [0.05, 0.1) is 12.0 Å². The first-order chi connectivity index (χ1) is 15.1. The highest BCUT2D eigenvalue weighted by atomic mass is 79.9. The number of amidine groups is 1. The third-order valence-corrected chi connectivity index (χ3v) is 6.28. The summed E-state index contributed by atoms with van der Waals surface area (Å²) in [5.41, 5.74) is 1.38. The zero-order valence-electron chi connectivity index (χ0n) is 17.6. The number of fused-ring (bicyclic) bond motifs is 2. The average Bonchev–Trinajstić information content (AvgIpc) is 2.78. The molecule has 4 rings (SSSR count). The van der Waals surface area contributed by atoms with Gasteiger partial charge in [0.15, 0.2) is 11.3 Å². The number of halogens is 1. The first kappa shape index (κ1) is 21.9. The van der Waals surface area contributed by atoms with E-state index in [1.54, 1.807) is 5.01 Å². The van der Waals surface area contributed by atoms with E-state index in [1.807, 2.05) is 48.7 Å². The van der Waals surface area contributed by atoms with Crippen molar-refractivity contribution in [2.24, 2.45) is 10.1 Å². The van der Waals surface area contributed by atoms with Crippen LogP contribution in [0, 0.1) is 0 Å². The second-order valence-corrected chi connectivity index (χ2v) is 9.08. The molecule has 1 amide bonds. The molecule has 0 aromatic heterocycles. The molecule has 162 valence electrons. The van der Waals surface area contributed by atoms with Gasteiger partial charge in [0, 0.05) is 15.3 Å². The smallest absolute Gasteiger partial charge is 0.276 e. The van der Waals surface area contributed by atoms with Gasteiger partial charge in [0.2, 0.25) is 0 Å². The molecule has 0 aliphatic carbocycles. The lowest BCUT2D eigenvalue weighted by molar-refractivity contribution is -0.116. The Kier molecular flexibility index (Phi) is 6.97. The van der Waals surface area contributed by atoms with Crippen molar-refractivity contribution < 1.29 is 9.53 Å². The Morgan fingerprint density at radius 3 is 2.84 bits per heavy atom. The van der Waals surface area contributed by atoms with E-state index in [-0.39, 0.29) is 5.91 Å². The van der Waals surface area contributed by atoms with Gasteiger partial charge in [-0.25, -0.2) is 5.01 Å². The number of thioether (sulfide) groups is 1. The van der Waals surface area contributed by atoms with Crippen LogP contribution in [0.25, 0.3) is 5.70 Å². The monoisotopic (exact) mass is 500 g/mol. The van der Waals surface area contributed by atoms with Gasteiger partial charge >= 0.3 is 0 Å². The van der Waals surface area contributed by atoms with Gasteiger partial charge in [0.1, 0.15) is 11.4 Å². The minimum Gasteiger partial charge on any atom is -0.493 e. The third kappa shape index (κ3) is 4.65. The minimum atomic E-state index is -0.483. The fourth-order valence-corrected chi connectivity index (χ4v) is 4.41. The molecule has 0 fully saturated rings. The predicted octanol–water partition coefficient (Wildman–Crippen LogP) is 3.91. The number of hydrogen-bond acceptors (Lipinski definition) is 6. The van der Waals surface area contributed by atoms with Crippen molar-refractivity contribution in [3.05, 3.63) is 63.1 Å². The van der Waals surface area contributed by atoms with Crippen molar-refractivity contribution in [2.45, 2.75) is 38.8 Å². The molecule has 2 aliphatic rings. The molecular weight excluding hydrogens is 476 g/mol. The second-order valence-electron chi connectivity index (χ2n) is 7.37. The van der Waals surface area contributed by atoms with Crippen LogP contribution >= 0.6 is 27.7 Å². The molecule has 2 heterocycles. The van der Waals surface area contributed by atoms with Gasteiger partial charge in [-0.3, -0.25) is 15.1 Å². The Hall–Kier alpha value is -2.32. The number of rotatable bonds is 7. The summed E-state index contributed by atoms with van der Waals surface area (Å²) >= 11 is 4.90. The Morgan fingerprint density at radius 2 is 2.03 bits per heavy atom. The highest BCUT2D eigenvalue weighted by Crippen LogP contribution is 2.35. The van der Waals surface area contributed by atoms with Crippen molar-refractivity contribution >= 4 is 44.5 Å². The number of nitrogens with one attached hydrogen (secondary N) is 1. The molecule has 1 N–H and O–H groups in total. The molecule has 31 heavy (non-hydrogen) atoms. The van der Waals surface area contributed by atoms with Crippen LogP contribution in [0.1, 0.15) is 44.3 Å². The molecule has 0 spiro atoms. The van der Waals surface area contributed by atoms with Crippen LogP contribution in [0.4, 0.5) is 0 Å². The molecule has 0 saturated carbocycles. The number of nitrogens with zero attached hydrogens (tertiary/aromatic N) is 3. The van der Waals surface area contributed by atoms with Crippen LogP contribution in [0.3, 0.4) is 0 Å². The third-order valence-electron chi connectivity index (χ3n) is 5.22. The number of para-hydroxylation sites is 1. The van der Waals surface area contributed by atoms with E-state index in [0.717, 1.165) is 39.2 Å². The Labute approximate surface area is 194 Å². The van der Waals surface area contributed by atoms with E-state index >= 15 is 0 Å². The van der Waals surface area contributed by atoms with E-state index in [0.29, 0.717) is 17.5 Å². The Balaban J connectivity index is 1.77. The number of amides is 1. The predicted molar refractivity (Wildman–Crippen MR) is 128 cm³/mol. The molecular formula is C23H25BrN4O2S. The molecule has 0 radical (unpaired) electrons. The van der Waals surface area contributed by atoms with Crippen LogP contribution in [0.15, 0.2) is 57.0 Å². The number of hydrazone groups is 1. The molecule has 6 nitrogen and oxygen atoms in total. The lowest BCUT2D eigenvalue weighted by Gasteiger charge is -2.34. The van der Waals surface area contributed by atoms with Gasteiger partial charge in [-0.05, 0) is 36.9 Å². The van der Waals surface area contributed by atoms with Crippen LogP contribution in [0.5, 0.6) is 5.75 Å². The first-order valence-corrected chi connectivity index (χ1v) is 12.5. The van der Waals surface area contributed by atoms with E-state index in [1.165, 1.54) is 24.6 Å². The normalized spacial score (nSPS) is 17.3. The fourth-order valence-electron chi connectivity index (χ4n) is 3.68. The number of benzene rings is 2. The summed E-state index contributed by atoms with van der Waals surface area (Å²) in [7, 11) is 0. The lowest BCUT2D eigenvalue weighted by atomic mass is 10.1. The molecule has 0 saturated heterocycles. The van der Waals surface area contributed by atoms with Crippen molar-refractivity contribution in [1.82, 2.24) is 10.3 Å². The van der Waals surface area contributed by atoms with Crippen molar-refractivity contribution in [2.75, 3.05) is 12.9 Å². The van der Waals surface area contributed by atoms with E-state index in [4.69, 9.17) is 14.8 Å². The molecule has 2 aliphatic heterocycles. The SMILES string of the molecule is CCCCCCOc1ccccc1[C@H]1N=c2ccc(Br)cc2=C2C(=O)NC(SC)=NN21. The van der Waals surface area contributed by atoms with Gasteiger partial charge in [-0.15, -0.1) is 5.10 Å². The van der Waals surface area contributed by atoms with Crippen molar-refractivity contribution in [1.29, 1.82) is 0 Å². The van der Waals surface area contributed by atoms with Gasteiger partial charge < -0.3 is 4.74 Å². The highest BCUT2D eigenvalue weighted by Gasteiger charge is 2.35.